The van der Waals surface area contributed by atoms with Gasteiger partial charge in [-0.3, -0.25) is 9.58 Å². The Hall–Kier alpha value is -0.870. The third kappa shape index (κ3) is 4.01. The van der Waals surface area contributed by atoms with E-state index in [1.54, 1.807) is 6.20 Å². The molecule has 0 spiro atoms. The molecule has 4 nitrogen and oxygen atoms in total. The molecule has 86 valence electrons. The largest absolute Gasteiger partial charge is 0.389 e. The molecule has 15 heavy (non-hydrogen) atoms. The number of nitrogens with zero attached hydrogens (tertiary/aromatic N) is 3. The second kappa shape index (κ2) is 4.77. The molecule has 1 N–H and O–H groups in total. The first-order valence-corrected chi connectivity index (χ1v) is 5.34. The summed E-state index contributed by atoms with van der Waals surface area (Å²) in [5.41, 5.74) is 0.523. The first-order valence-electron chi connectivity index (χ1n) is 5.34. The Labute approximate surface area is 91.5 Å². The zero-order chi connectivity index (χ0) is 11.5. The standard InChI is InChI=1S/C11H21N3O/c1-5-14(9-11(2,3)15)8-10-6-7-12-13(10)4/h6-7,15H,5,8-9H2,1-4H3. The van der Waals surface area contributed by atoms with Crippen molar-refractivity contribution in [3.05, 3.63) is 18.0 Å². The van der Waals surface area contributed by atoms with Crippen molar-refractivity contribution < 1.29 is 5.11 Å². The Balaban J connectivity index is 2.58. The molecule has 0 saturated carbocycles. The van der Waals surface area contributed by atoms with E-state index < -0.39 is 5.60 Å². The van der Waals surface area contributed by atoms with Gasteiger partial charge in [0.15, 0.2) is 0 Å². The average molecular weight is 211 g/mol. The normalized spacial score (nSPS) is 12.4. The van der Waals surface area contributed by atoms with E-state index in [1.807, 2.05) is 31.6 Å². The van der Waals surface area contributed by atoms with Gasteiger partial charge in [-0.05, 0) is 26.5 Å². The number of likely N-dealkylation sites (N-methyl/N-ethyl adjacent to an activating group) is 1. The summed E-state index contributed by atoms with van der Waals surface area (Å²) in [4.78, 5) is 2.21. The van der Waals surface area contributed by atoms with Gasteiger partial charge in [-0.25, -0.2) is 0 Å². The van der Waals surface area contributed by atoms with Crippen molar-refractivity contribution in [3.8, 4) is 0 Å². The van der Waals surface area contributed by atoms with Gasteiger partial charge in [0.2, 0.25) is 0 Å². The molecule has 0 saturated heterocycles. The summed E-state index contributed by atoms with van der Waals surface area (Å²) in [5.74, 6) is 0. The van der Waals surface area contributed by atoms with Crippen LogP contribution in [0.25, 0.3) is 0 Å². The second-order valence-electron chi connectivity index (χ2n) is 4.56. The lowest BCUT2D eigenvalue weighted by molar-refractivity contribution is 0.0346. The van der Waals surface area contributed by atoms with Crippen LogP contribution in [0.1, 0.15) is 26.5 Å². The van der Waals surface area contributed by atoms with Gasteiger partial charge in [-0.2, -0.15) is 5.10 Å². The lowest BCUT2D eigenvalue weighted by atomic mass is 10.1. The lowest BCUT2D eigenvalue weighted by Crippen LogP contribution is -2.38. The highest BCUT2D eigenvalue weighted by molar-refractivity contribution is 4.99. The molecule has 0 radical (unpaired) electrons. The Kier molecular flexibility index (Phi) is 3.88. The van der Waals surface area contributed by atoms with Crippen molar-refractivity contribution in [2.75, 3.05) is 13.1 Å². The smallest absolute Gasteiger partial charge is 0.0718 e. The molecule has 1 aromatic rings. The fourth-order valence-electron chi connectivity index (χ4n) is 1.61. The van der Waals surface area contributed by atoms with Gasteiger partial charge in [-0.1, -0.05) is 6.92 Å². The van der Waals surface area contributed by atoms with Crippen molar-refractivity contribution in [3.63, 3.8) is 0 Å². The zero-order valence-corrected chi connectivity index (χ0v) is 10.1. The van der Waals surface area contributed by atoms with Gasteiger partial charge in [0.1, 0.15) is 0 Å². The van der Waals surface area contributed by atoms with Crippen LogP contribution in [0.3, 0.4) is 0 Å². The molecular weight excluding hydrogens is 190 g/mol. The second-order valence-corrected chi connectivity index (χ2v) is 4.56. The maximum absolute atomic E-state index is 9.75. The molecule has 0 aliphatic rings. The van der Waals surface area contributed by atoms with Crippen molar-refractivity contribution in [1.82, 2.24) is 14.7 Å². The first-order chi connectivity index (χ1) is 6.92. The highest BCUT2D eigenvalue weighted by atomic mass is 16.3. The predicted molar refractivity (Wildman–Crippen MR) is 60.5 cm³/mol. The molecule has 1 aromatic heterocycles. The molecule has 0 aromatic carbocycles. The highest BCUT2D eigenvalue weighted by Crippen LogP contribution is 2.08. The lowest BCUT2D eigenvalue weighted by Gasteiger charge is -2.27. The Morgan fingerprint density at radius 2 is 2.20 bits per heavy atom. The van der Waals surface area contributed by atoms with E-state index in [2.05, 4.69) is 16.9 Å². The Morgan fingerprint density at radius 1 is 1.53 bits per heavy atom. The van der Waals surface area contributed by atoms with E-state index in [9.17, 15) is 5.11 Å². The summed E-state index contributed by atoms with van der Waals surface area (Å²) in [6, 6.07) is 2.01. The van der Waals surface area contributed by atoms with Crippen molar-refractivity contribution in [1.29, 1.82) is 0 Å². The fourth-order valence-corrected chi connectivity index (χ4v) is 1.61. The predicted octanol–water partition coefficient (Wildman–Crippen LogP) is 1.01. The summed E-state index contributed by atoms with van der Waals surface area (Å²) in [7, 11) is 1.94. The number of hydrogen-bond donors (Lipinski definition) is 1. The molecule has 0 bridgehead atoms. The summed E-state index contributed by atoms with van der Waals surface area (Å²) >= 11 is 0. The number of aromatic nitrogens is 2. The number of aryl methyl sites for hydroxylation is 1. The van der Waals surface area contributed by atoms with Crippen molar-refractivity contribution >= 4 is 0 Å². The minimum atomic E-state index is -0.644. The topological polar surface area (TPSA) is 41.3 Å². The highest BCUT2D eigenvalue weighted by Gasteiger charge is 2.17. The monoisotopic (exact) mass is 211 g/mol. The third-order valence-corrected chi connectivity index (χ3v) is 2.37. The van der Waals surface area contributed by atoms with Gasteiger partial charge < -0.3 is 5.11 Å². The Bertz CT molecular complexity index is 301. The first kappa shape index (κ1) is 12.2. The molecule has 0 atom stereocenters. The van der Waals surface area contributed by atoms with Crippen LogP contribution in [0.5, 0.6) is 0 Å². The minimum Gasteiger partial charge on any atom is -0.389 e. The van der Waals surface area contributed by atoms with Crippen LogP contribution < -0.4 is 0 Å². The van der Waals surface area contributed by atoms with Crippen LogP contribution in [0.4, 0.5) is 0 Å². The van der Waals surface area contributed by atoms with E-state index in [0.29, 0.717) is 6.54 Å². The van der Waals surface area contributed by atoms with Gasteiger partial charge in [0, 0.05) is 26.3 Å². The van der Waals surface area contributed by atoms with Crippen LogP contribution in [0.2, 0.25) is 0 Å². The number of rotatable bonds is 5. The molecular formula is C11H21N3O. The summed E-state index contributed by atoms with van der Waals surface area (Å²) in [6.45, 7) is 8.20. The maximum Gasteiger partial charge on any atom is 0.0718 e. The van der Waals surface area contributed by atoms with Crippen LogP contribution in [-0.4, -0.2) is 38.5 Å². The van der Waals surface area contributed by atoms with Gasteiger partial charge >= 0.3 is 0 Å². The minimum absolute atomic E-state index is 0.644. The van der Waals surface area contributed by atoms with Crippen LogP contribution in [-0.2, 0) is 13.6 Å². The van der Waals surface area contributed by atoms with Crippen LogP contribution in [0.15, 0.2) is 12.3 Å². The molecule has 4 heteroatoms. The maximum atomic E-state index is 9.75. The van der Waals surface area contributed by atoms with Crippen LogP contribution in [0, 0.1) is 0 Å². The SMILES string of the molecule is CCN(Cc1ccnn1C)CC(C)(C)O. The van der Waals surface area contributed by atoms with Gasteiger partial charge in [0.25, 0.3) is 0 Å². The molecule has 0 amide bonds. The zero-order valence-electron chi connectivity index (χ0n) is 10.1. The number of aliphatic hydroxyl groups is 1. The van der Waals surface area contributed by atoms with Crippen molar-refractivity contribution in [2.24, 2.45) is 7.05 Å². The van der Waals surface area contributed by atoms with E-state index >= 15 is 0 Å². The Morgan fingerprint density at radius 3 is 2.60 bits per heavy atom. The molecule has 0 aliphatic heterocycles. The molecule has 0 unspecified atom stereocenters. The molecule has 0 fully saturated rings. The van der Waals surface area contributed by atoms with Gasteiger partial charge in [-0.15, -0.1) is 0 Å². The summed E-state index contributed by atoms with van der Waals surface area (Å²) in [6.07, 6.45) is 1.80. The average Bonchev–Trinajstić information content (AvgIpc) is 2.48. The summed E-state index contributed by atoms with van der Waals surface area (Å²) < 4.78 is 1.87. The van der Waals surface area contributed by atoms with Gasteiger partial charge in [0.05, 0.1) is 11.3 Å². The molecule has 0 aliphatic carbocycles. The van der Waals surface area contributed by atoms with E-state index in [1.165, 1.54) is 5.69 Å². The summed E-state index contributed by atoms with van der Waals surface area (Å²) in [5, 5.41) is 13.9. The van der Waals surface area contributed by atoms with E-state index in [4.69, 9.17) is 0 Å². The van der Waals surface area contributed by atoms with Crippen LogP contribution >= 0.6 is 0 Å². The molecule has 1 rings (SSSR count). The molecule has 1 heterocycles. The third-order valence-electron chi connectivity index (χ3n) is 2.37. The quantitative estimate of drug-likeness (QED) is 0.790. The van der Waals surface area contributed by atoms with Crippen molar-refractivity contribution in [2.45, 2.75) is 32.9 Å². The van der Waals surface area contributed by atoms with E-state index in [-0.39, 0.29) is 0 Å². The van der Waals surface area contributed by atoms with E-state index in [0.717, 1.165) is 13.1 Å². The fraction of sp³-hybridized carbons (Fsp3) is 0.727. The number of hydrogen-bond acceptors (Lipinski definition) is 3.